The van der Waals surface area contributed by atoms with E-state index in [-0.39, 0.29) is 0 Å². The summed E-state index contributed by atoms with van der Waals surface area (Å²) >= 11 is 0. The van der Waals surface area contributed by atoms with Gasteiger partial charge >= 0.3 is 0 Å². The van der Waals surface area contributed by atoms with Crippen molar-refractivity contribution in [2.75, 3.05) is 0 Å². The molecule has 0 aromatic carbocycles. The minimum Gasteiger partial charge on any atom is -0.0847 e. The van der Waals surface area contributed by atoms with Crippen LogP contribution >= 0.6 is 0 Å². The minimum absolute atomic E-state index is 0.583. The molecular weight excluding hydrogens is 168 g/mol. The van der Waals surface area contributed by atoms with Crippen molar-refractivity contribution in [2.45, 2.75) is 52.9 Å². The zero-order chi connectivity index (χ0) is 9.97. The molecule has 0 aromatic rings. The molecule has 0 aromatic heterocycles. The van der Waals surface area contributed by atoms with Gasteiger partial charge in [-0.15, -0.1) is 0 Å². The van der Waals surface area contributed by atoms with E-state index >= 15 is 0 Å². The lowest BCUT2D eigenvalue weighted by molar-refractivity contribution is 0.205. The molecule has 3 aliphatic rings. The summed E-state index contributed by atoms with van der Waals surface area (Å²) in [5, 5.41) is 0. The van der Waals surface area contributed by atoms with Crippen LogP contribution in [-0.2, 0) is 0 Å². The fourth-order valence-corrected chi connectivity index (χ4v) is 4.83. The Balaban J connectivity index is 2.05. The van der Waals surface area contributed by atoms with Crippen LogP contribution in [0.25, 0.3) is 0 Å². The van der Waals surface area contributed by atoms with E-state index in [0.717, 1.165) is 11.8 Å². The fourth-order valence-electron chi connectivity index (χ4n) is 4.83. The first-order valence-corrected chi connectivity index (χ1v) is 6.23. The maximum absolute atomic E-state index is 2.58. The van der Waals surface area contributed by atoms with Crippen LogP contribution in [0.15, 0.2) is 11.6 Å². The molecule has 0 heteroatoms. The van der Waals surface area contributed by atoms with E-state index in [1.54, 1.807) is 0 Å². The third-order valence-corrected chi connectivity index (χ3v) is 5.23. The van der Waals surface area contributed by atoms with Gasteiger partial charge in [-0.3, -0.25) is 0 Å². The Bertz CT molecular complexity index is 297. The van der Waals surface area contributed by atoms with Gasteiger partial charge in [0, 0.05) is 0 Å². The monoisotopic (exact) mass is 190 g/mol. The van der Waals surface area contributed by atoms with Crippen LogP contribution in [0.2, 0.25) is 0 Å². The number of fused-ring (bicyclic) bond motifs is 3. The highest BCUT2D eigenvalue weighted by atomic mass is 14.6. The lowest BCUT2D eigenvalue weighted by atomic mass is 9.72. The molecule has 0 nitrogen and oxygen atoms in total. The smallest absolute Gasteiger partial charge is 0.00949 e. The van der Waals surface area contributed by atoms with Gasteiger partial charge in [0.25, 0.3) is 0 Å². The van der Waals surface area contributed by atoms with Crippen LogP contribution < -0.4 is 0 Å². The van der Waals surface area contributed by atoms with Crippen molar-refractivity contribution in [3.63, 3.8) is 0 Å². The summed E-state index contributed by atoms with van der Waals surface area (Å²) in [6.07, 6.45) is 9.80. The second kappa shape index (κ2) is 2.46. The highest BCUT2D eigenvalue weighted by Crippen LogP contribution is 2.67. The standard InChI is InChI=1S/C14H22/c1-13(2)7-8-14(3)9-10-5-4-6-11(10)12(13)14/h6,10,12H,4-5,7-9H2,1-3H3. The minimum atomic E-state index is 0.583. The Morgan fingerprint density at radius 2 is 2.00 bits per heavy atom. The predicted octanol–water partition coefficient (Wildman–Crippen LogP) is 4.17. The topological polar surface area (TPSA) is 0 Å². The summed E-state index contributed by atoms with van der Waals surface area (Å²) in [6, 6.07) is 0. The van der Waals surface area contributed by atoms with Crippen LogP contribution in [0.4, 0.5) is 0 Å². The van der Waals surface area contributed by atoms with Gasteiger partial charge in [0.15, 0.2) is 0 Å². The van der Waals surface area contributed by atoms with Crippen molar-refractivity contribution < 1.29 is 0 Å². The van der Waals surface area contributed by atoms with E-state index in [0.29, 0.717) is 10.8 Å². The van der Waals surface area contributed by atoms with Crippen molar-refractivity contribution in [3.05, 3.63) is 11.6 Å². The molecule has 3 rings (SSSR count). The summed E-state index contributed by atoms with van der Waals surface area (Å²) in [7, 11) is 0. The molecule has 0 amide bonds. The van der Waals surface area contributed by atoms with E-state index < -0.39 is 0 Å². The molecule has 3 unspecified atom stereocenters. The van der Waals surface area contributed by atoms with Gasteiger partial charge in [0.05, 0.1) is 0 Å². The van der Waals surface area contributed by atoms with Crippen LogP contribution in [0.5, 0.6) is 0 Å². The average Bonchev–Trinajstić information content (AvgIpc) is 2.62. The average molecular weight is 190 g/mol. The molecular formula is C14H22. The molecule has 14 heavy (non-hydrogen) atoms. The normalized spacial score (nSPS) is 48.9. The van der Waals surface area contributed by atoms with Crippen molar-refractivity contribution in [3.8, 4) is 0 Å². The Morgan fingerprint density at radius 1 is 1.21 bits per heavy atom. The van der Waals surface area contributed by atoms with Crippen molar-refractivity contribution in [2.24, 2.45) is 22.7 Å². The largest absolute Gasteiger partial charge is 0.0847 e. The first-order chi connectivity index (χ1) is 6.53. The maximum atomic E-state index is 2.58. The van der Waals surface area contributed by atoms with Gasteiger partial charge in [0.1, 0.15) is 0 Å². The van der Waals surface area contributed by atoms with Gasteiger partial charge in [0.2, 0.25) is 0 Å². The van der Waals surface area contributed by atoms with Gasteiger partial charge in [-0.2, -0.15) is 0 Å². The predicted molar refractivity (Wildman–Crippen MR) is 60.0 cm³/mol. The van der Waals surface area contributed by atoms with Crippen molar-refractivity contribution in [1.29, 1.82) is 0 Å². The molecule has 0 N–H and O–H groups in total. The first-order valence-electron chi connectivity index (χ1n) is 6.23. The first kappa shape index (κ1) is 9.00. The van der Waals surface area contributed by atoms with E-state index in [2.05, 4.69) is 26.8 Å². The number of rotatable bonds is 0. The highest BCUT2D eigenvalue weighted by molar-refractivity contribution is 5.29. The van der Waals surface area contributed by atoms with Crippen LogP contribution in [0.1, 0.15) is 52.9 Å². The van der Waals surface area contributed by atoms with Crippen LogP contribution in [0.3, 0.4) is 0 Å². The molecule has 0 saturated heterocycles. The molecule has 0 heterocycles. The number of hydrogen-bond donors (Lipinski definition) is 0. The Hall–Kier alpha value is -0.260. The van der Waals surface area contributed by atoms with Crippen molar-refractivity contribution in [1.82, 2.24) is 0 Å². The van der Waals surface area contributed by atoms with Crippen LogP contribution in [0, 0.1) is 22.7 Å². The van der Waals surface area contributed by atoms with E-state index in [9.17, 15) is 0 Å². The molecule has 0 spiro atoms. The number of hydrogen-bond acceptors (Lipinski definition) is 0. The molecule has 3 aliphatic carbocycles. The van der Waals surface area contributed by atoms with Gasteiger partial charge in [-0.1, -0.05) is 32.4 Å². The SMILES string of the molecule is CC1(C)CCC2(C)CC3CCC=C3C12. The lowest BCUT2D eigenvalue weighted by Crippen LogP contribution is -2.25. The Labute approximate surface area is 87.8 Å². The van der Waals surface area contributed by atoms with Gasteiger partial charge in [-0.05, 0) is 54.8 Å². The zero-order valence-electron chi connectivity index (χ0n) is 9.77. The summed E-state index contributed by atoms with van der Waals surface area (Å²) in [4.78, 5) is 0. The van der Waals surface area contributed by atoms with E-state index in [1.165, 1.54) is 32.1 Å². The molecule has 2 fully saturated rings. The molecule has 0 aliphatic heterocycles. The fraction of sp³-hybridized carbons (Fsp3) is 0.857. The summed E-state index contributed by atoms with van der Waals surface area (Å²) in [5.41, 5.74) is 3.11. The lowest BCUT2D eigenvalue weighted by Gasteiger charge is -2.32. The third-order valence-electron chi connectivity index (χ3n) is 5.23. The molecule has 0 radical (unpaired) electrons. The second-order valence-electron chi connectivity index (χ2n) is 6.76. The summed E-state index contributed by atoms with van der Waals surface area (Å²) in [6.45, 7) is 7.53. The number of allylic oxidation sites excluding steroid dienone is 2. The Kier molecular flexibility index (Phi) is 1.58. The summed E-state index contributed by atoms with van der Waals surface area (Å²) in [5.74, 6) is 1.90. The second-order valence-corrected chi connectivity index (χ2v) is 6.76. The zero-order valence-corrected chi connectivity index (χ0v) is 9.77. The van der Waals surface area contributed by atoms with Crippen LogP contribution in [-0.4, -0.2) is 0 Å². The molecule has 78 valence electrons. The van der Waals surface area contributed by atoms with Gasteiger partial charge in [-0.25, -0.2) is 0 Å². The molecule has 3 atom stereocenters. The molecule has 2 saturated carbocycles. The van der Waals surface area contributed by atoms with Crippen molar-refractivity contribution >= 4 is 0 Å². The van der Waals surface area contributed by atoms with Gasteiger partial charge < -0.3 is 0 Å². The highest BCUT2D eigenvalue weighted by Gasteiger charge is 2.57. The van der Waals surface area contributed by atoms with E-state index in [4.69, 9.17) is 0 Å². The Morgan fingerprint density at radius 3 is 2.79 bits per heavy atom. The maximum Gasteiger partial charge on any atom is -0.00949 e. The summed E-state index contributed by atoms with van der Waals surface area (Å²) < 4.78 is 0. The third kappa shape index (κ3) is 0.951. The quantitative estimate of drug-likeness (QED) is 0.503. The molecule has 0 bridgehead atoms. The van der Waals surface area contributed by atoms with E-state index in [1.807, 2.05) is 5.57 Å².